The number of aliphatic hydroxyl groups is 1. The molecule has 0 radical (unpaired) electrons. The molecule has 0 fully saturated rings. The highest BCUT2D eigenvalue weighted by Gasteiger charge is 2.26. The smallest absolute Gasteiger partial charge is 0.161 e. The van der Waals surface area contributed by atoms with Gasteiger partial charge in [0.05, 0.1) is 12.8 Å². The summed E-state index contributed by atoms with van der Waals surface area (Å²) in [4.78, 5) is 13.1. The molecule has 0 saturated heterocycles. The molecule has 124 valence electrons. The number of aryl methyl sites for hydroxylation is 1. The van der Waals surface area contributed by atoms with Gasteiger partial charge >= 0.3 is 0 Å². The second-order valence-corrected chi connectivity index (χ2v) is 5.95. The van der Waals surface area contributed by atoms with Crippen LogP contribution in [0.5, 0.6) is 0 Å². The van der Waals surface area contributed by atoms with Crippen LogP contribution in [0.4, 0.5) is 5.82 Å². The van der Waals surface area contributed by atoms with E-state index in [-0.39, 0.29) is 6.54 Å². The zero-order valence-corrected chi connectivity index (χ0v) is 13.9. The lowest BCUT2D eigenvalue weighted by Gasteiger charge is -2.22. The van der Waals surface area contributed by atoms with Crippen molar-refractivity contribution in [1.29, 1.82) is 0 Å². The minimum Gasteiger partial charge on any atom is -0.466 e. The lowest BCUT2D eigenvalue weighted by molar-refractivity contribution is 0.0475. The van der Waals surface area contributed by atoms with E-state index in [1.165, 1.54) is 0 Å². The van der Waals surface area contributed by atoms with Gasteiger partial charge in [-0.2, -0.15) is 0 Å². The maximum absolute atomic E-state index is 10.6. The first-order chi connectivity index (χ1) is 11.5. The maximum atomic E-state index is 10.6. The minimum atomic E-state index is -1.13. The Kier molecular flexibility index (Phi) is 4.31. The molecule has 3 rings (SSSR count). The molecule has 24 heavy (non-hydrogen) atoms. The van der Waals surface area contributed by atoms with Crippen molar-refractivity contribution in [3.8, 4) is 11.4 Å². The summed E-state index contributed by atoms with van der Waals surface area (Å²) >= 11 is 0. The number of pyridine rings is 1. The molecule has 1 atom stereocenters. The number of nitrogens with zero attached hydrogens (tertiary/aromatic N) is 3. The molecular formula is C18H20N4O2. The van der Waals surface area contributed by atoms with Crippen molar-refractivity contribution in [2.24, 2.45) is 0 Å². The van der Waals surface area contributed by atoms with Crippen LogP contribution in [0.3, 0.4) is 0 Å². The lowest BCUT2D eigenvalue weighted by Crippen LogP contribution is -2.30. The summed E-state index contributed by atoms with van der Waals surface area (Å²) in [6.45, 7) is 5.87. The van der Waals surface area contributed by atoms with Crippen molar-refractivity contribution in [3.63, 3.8) is 0 Å². The third kappa shape index (κ3) is 3.28. The second kappa shape index (κ2) is 6.41. The molecular weight excluding hydrogens is 304 g/mol. The Hall–Kier alpha value is -2.73. The highest BCUT2D eigenvalue weighted by atomic mass is 16.4. The van der Waals surface area contributed by atoms with Gasteiger partial charge < -0.3 is 14.8 Å². The van der Waals surface area contributed by atoms with E-state index in [0.29, 0.717) is 17.4 Å². The second-order valence-electron chi connectivity index (χ2n) is 5.95. The molecule has 0 saturated carbocycles. The van der Waals surface area contributed by atoms with Crippen LogP contribution in [0.15, 0.2) is 47.3 Å². The molecule has 3 aromatic rings. The van der Waals surface area contributed by atoms with Crippen molar-refractivity contribution in [2.45, 2.75) is 26.4 Å². The van der Waals surface area contributed by atoms with Gasteiger partial charge in [0.25, 0.3) is 0 Å². The first-order valence-electron chi connectivity index (χ1n) is 7.73. The van der Waals surface area contributed by atoms with Crippen LogP contribution < -0.4 is 5.32 Å². The van der Waals surface area contributed by atoms with Gasteiger partial charge in [-0.1, -0.05) is 0 Å². The summed E-state index contributed by atoms with van der Waals surface area (Å²) in [5.74, 6) is 1.83. The molecule has 0 aliphatic carbocycles. The molecule has 3 aromatic heterocycles. The molecule has 6 nitrogen and oxygen atoms in total. The predicted molar refractivity (Wildman–Crippen MR) is 91.5 cm³/mol. The summed E-state index contributed by atoms with van der Waals surface area (Å²) in [5.41, 5.74) is 1.60. The van der Waals surface area contributed by atoms with E-state index in [1.807, 2.05) is 26.0 Å². The van der Waals surface area contributed by atoms with Gasteiger partial charge in [0.15, 0.2) is 5.82 Å². The number of nitrogens with one attached hydrogen (secondary N) is 1. The fourth-order valence-electron chi connectivity index (χ4n) is 2.36. The monoisotopic (exact) mass is 324 g/mol. The Labute approximate surface area is 140 Å². The van der Waals surface area contributed by atoms with Crippen LogP contribution in [0.25, 0.3) is 11.4 Å². The van der Waals surface area contributed by atoms with Gasteiger partial charge in [0, 0.05) is 29.2 Å². The number of aromatic nitrogens is 3. The summed E-state index contributed by atoms with van der Waals surface area (Å²) in [6.07, 6.45) is 4.97. The van der Waals surface area contributed by atoms with Crippen molar-refractivity contribution in [1.82, 2.24) is 15.0 Å². The van der Waals surface area contributed by atoms with E-state index >= 15 is 0 Å². The normalized spacial score (nSPS) is 13.5. The Balaban J connectivity index is 1.87. The molecule has 0 aromatic carbocycles. The SMILES string of the molecule is Cc1nc(-c2ccncc2)nc(NCC(C)(O)c2ccco2)c1C. The molecule has 0 aliphatic heterocycles. The van der Waals surface area contributed by atoms with Crippen LogP contribution in [-0.2, 0) is 5.60 Å². The fraction of sp³-hybridized carbons (Fsp3) is 0.278. The zero-order chi connectivity index (χ0) is 17.2. The third-order valence-electron chi connectivity index (χ3n) is 3.98. The Bertz CT molecular complexity index is 815. The number of furan rings is 1. The molecule has 0 aliphatic rings. The predicted octanol–water partition coefficient (Wildman–Crippen LogP) is 3.07. The molecule has 0 amide bonds. The lowest BCUT2D eigenvalue weighted by atomic mass is 10.0. The highest BCUT2D eigenvalue weighted by Crippen LogP contribution is 2.24. The van der Waals surface area contributed by atoms with Crippen molar-refractivity contribution in [3.05, 3.63) is 59.9 Å². The van der Waals surface area contributed by atoms with E-state index in [1.54, 1.807) is 37.7 Å². The van der Waals surface area contributed by atoms with Crippen LogP contribution in [-0.4, -0.2) is 26.6 Å². The van der Waals surface area contributed by atoms with Gasteiger partial charge in [-0.05, 0) is 45.0 Å². The fourth-order valence-corrected chi connectivity index (χ4v) is 2.36. The van der Waals surface area contributed by atoms with E-state index in [0.717, 1.165) is 16.8 Å². The van der Waals surface area contributed by atoms with E-state index in [2.05, 4.69) is 20.3 Å². The standard InChI is InChI=1S/C18H20N4O2/c1-12-13(2)21-17(14-6-8-19-9-7-14)22-16(12)20-11-18(3,23)15-5-4-10-24-15/h4-10,23H,11H2,1-3H3,(H,20,21,22). The number of hydrogen-bond donors (Lipinski definition) is 2. The van der Waals surface area contributed by atoms with E-state index in [9.17, 15) is 5.11 Å². The topological polar surface area (TPSA) is 84.1 Å². The molecule has 2 N–H and O–H groups in total. The Morgan fingerprint density at radius 1 is 1.17 bits per heavy atom. The first-order valence-corrected chi connectivity index (χ1v) is 7.73. The molecule has 0 bridgehead atoms. The van der Waals surface area contributed by atoms with Crippen LogP contribution >= 0.6 is 0 Å². The highest BCUT2D eigenvalue weighted by molar-refractivity contribution is 5.59. The molecule has 6 heteroatoms. The molecule has 1 unspecified atom stereocenters. The summed E-state index contributed by atoms with van der Waals surface area (Å²) in [6, 6.07) is 7.24. The maximum Gasteiger partial charge on any atom is 0.161 e. The zero-order valence-electron chi connectivity index (χ0n) is 13.9. The van der Waals surface area contributed by atoms with Crippen molar-refractivity contribution >= 4 is 5.82 Å². The van der Waals surface area contributed by atoms with Gasteiger partial charge in [0.1, 0.15) is 17.2 Å². The van der Waals surface area contributed by atoms with Gasteiger partial charge in [-0.3, -0.25) is 4.98 Å². The molecule has 3 heterocycles. The average Bonchev–Trinajstić information content (AvgIpc) is 3.12. The van der Waals surface area contributed by atoms with Gasteiger partial charge in [-0.15, -0.1) is 0 Å². The summed E-state index contributed by atoms with van der Waals surface area (Å²) < 4.78 is 5.30. The van der Waals surface area contributed by atoms with Gasteiger partial charge in [0.2, 0.25) is 0 Å². The van der Waals surface area contributed by atoms with Crippen molar-refractivity contribution < 1.29 is 9.52 Å². The third-order valence-corrected chi connectivity index (χ3v) is 3.98. The van der Waals surface area contributed by atoms with Crippen LogP contribution in [0.2, 0.25) is 0 Å². The summed E-state index contributed by atoms with van der Waals surface area (Å²) in [7, 11) is 0. The largest absolute Gasteiger partial charge is 0.466 e. The minimum absolute atomic E-state index is 0.271. The first kappa shape index (κ1) is 16.1. The van der Waals surface area contributed by atoms with E-state index in [4.69, 9.17) is 4.42 Å². The van der Waals surface area contributed by atoms with Crippen molar-refractivity contribution in [2.75, 3.05) is 11.9 Å². The Morgan fingerprint density at radius 3 is 2.58 bits per heavy atom. The van der Waals surface area contributed by atoms with E-state index < -0.39 is 5.60 Å². The number of anilines is 1. The van der Waals surface area contributed by atoms with Gasteiger partial charge in [-0.25, -0.2) is 9.97 Å². The number of hydrogen-bond acceptors (Lipinski definition) is 6. The van der Waals surface area contributed by atoms with Crippen LogP contribution in [0.1, 0.15) is 23.9 Å². The average molecular weight is 324 g/mol. The number of rotatable bonds is 5. The van der Waals surface area contributed by atoms with Crippen LogP contribution in [0, 0.1) is 13.8 Å². The quantitative estimate of drug-likeness (QED) is 0.750. The molecule has 0 spiro atoms. The summed E-state index contributed by atoms with van der Waals surface area (Å²) in [5, 5.41) is 13.8. The Morgan fingerprint density at radius 2 is 1.92 bits per heavy atom.